The number of benzene rings is 4. The molecule has 4 aromatic rings. The summed E-state index contributed by atoms with van der Waals surface area (Å²) in [5.41, 5.74) is 4.91. The first-order chi connectivity index (χ1) is 13.2. The Kier molecular flexibility index (Phi) is 5.82. The lowest BCUT2D eigenvalue weighted by Gasteiger charge is -2.14. The molecule has 27 heavy (non-hydrogen) atoms. The van der Waals surface area contributed by atoms with E-state index >= 15 is 0 Å². The quantitative estimate of drug-likeness (QED) is 0.272. The van der Waals surface area contributed by atoms with Crippen LogP contribution >= 0.6 is 43.6 Å². The van der Waals surface area contributed by atoms with Crippen LogP contribution in [0, 0.1) is 0 Å². The molecule has 0 bridgehead atoms. The van der Waals surface area contributed by atoms with Crippen LogP contribution in [0.4, 0.5) is 0 Å². The summed E-state index contributed by atoms with van der Waals surface area (Å²) in [7, 11) is 0. The minimum Gasteiger partial charge on any atom is -0.0888 e. The Labute approximate surface area is 180 Å². The molecule has 0 atom stereocenters. The van der Waals surface area contributed by atoms with E-state index in [1.54, 1.807) is 11.8 Å². The molecule has 0 N–H and O–H groups in total. The molecular formula is C24H16Br2S. The van der Waals surface area contributed by atoms with Crippen LogP contribution in [-0.4, -0.2) is 0 Å². The van der Waals surface area contributed by atoms with E-state index in [1.807, 2.05) is 0 Å². The summed E-state index contributed by atoms with van der Waals surface area (Å²) in [5.74, 6) is 0. The largest absolute Gasteiger partial charge is 0.0888 e. The van der Waals surface area contributed by atoms with Gasteiger partial charge in [0.05, 0.1) is 0 Å². The van der Waals surface area contributed by atoms with E-state index in [0.29, 0.717) is 0 Å². The monoisotopic (exact) mass is 494 g/mol. The van der Waals surface area contributed by atoms with Crippen LogP contribution in [0.3, 0.4) is 0 Å². The Bertz CT molecular complexity index is 973. The van der Waals surface area contributed by atoms with Gasteiger partial charge in [-0.05, 0) is 58.7 Å². The molecule has 0 radical (unpaired) electrons. The van der Waals surface area contributed by atoms with Gasteiger partial charge in [-0.2, -0.15) is 0 Å². The highest BCUT2D eigenvalue weighted by atomic mass is 79.9. The van der Waals surface area contributed by atoms with Gasteiger partial charge in [-0.3, -0.25) is 0 Å². The standard InChI is InChI=1S/C24H16Br2S/c25-19-11-13-23(21(15-19)17-7-3-1-4-8-17)27-24-14-12-20(26)16-22(24)18-9-5-2-6-10-18/h1-16H. The van der Waals surface area contributed by atoms with Crippen molar-refractivity contribution in [1.29, 1.82) is 0 Å². The maximum atomic E-state index is 3.62. The van der Waals surface area contributed by atoms with Crippen LogP contribution in [0.2, 0.25) is 0 Å². The molecule has 4 rings (SSSR count). The highest BCUT2D eigenvalue weighted by molar-refractivity contribution is 9.10. The van der Waals surface area contributed by atoms with Crippen molar-refractivity contribution < 1.29 is 0 Å². The fraction of sp³-hybridized carbons (Fsp3) is 0. The van der Waals surface area contributed by atoms with E-state index in [2.05, 4.69) is 129 Å². The van der Waals surface area contributed by atoms with Crippen molar-refractivity contribution in [3.05, 3.63) is 106 Å². The van der Waals surface area contributed by atoms with Gasteiger partial charge < -0.3 is 0 Å². The molecule has 0 heterocycles. The third-order valence-electron chi connectivity index (χ3n) is 4.27. The summed E-state index contributed by atoms with van der Waals surface area (Å²) < 4.78 is 2.18. The minimum atomic E-state index is 1.09. The predicted octanol–water partition coefficient (Wildman–Crippen LogP) is 8.70. The van der Waals surface area contributed by atoms with Gasteiger partial charge in [0, 0.05) is 18.7 Å². The fourth-order valence-electron chi connectivity index (χ4n) is 2.99. The third-order valence-corrected chi connectivity index (χ3v) is 6.41. The topological polar surface area (TPSA) is 0 Å². The summed E-state index contributed by atoms with van der Waals surface area (Å²) in [6, 6.07) is 34.0. The summed E-state index contributed by atoms with van der Waals surface area (Å²) in [6.07, 6.45) is 0. The zero-order chi connectivity index (χ0) is 18.6. The van der Waals surface area contributed by atoms with Crippen molar-refractivity contribution >= 4 is 43.6 Å². The van der Waals surface area contributed by atoms with Crippen molar-refractivity contribution in [3.8, 4) is 22.3 Å². The first-order valence-electron chi connectivity index (χ1n) is 8.58. The molecule has 0 aromatic heterocycles. The molecule has 0 amide bonds. The van der Waals surface area contributed by atoms with E-state index in [9.17, 15) is 0 Å². The Morgan fingerprint density at radius 3 is 1.30 bits per heavy atom. The lowest BCUT2D eigenvalue weighted by Crippen LogP contribution is -1.86. The fourth-order valence-corrected chi connectivity index (χ4v) is 4.79. The SMILES string of the molecule is Brc1ccc(Sc2ccc(Br)cc2-c2ccccc2)c(-c2ccccc2)c1. The van der Waals surface area contributed by atoms with Gasteiger partial charge in [-0.15, -0.1) is 0 Å². The molecular weight excluding hydrogens is 480 g/mol. The Balaban J connectivity index is 1.80. The van der Waals surface area contributed by atoms with Crippen molar-refractivity contribution in [2.45, 2.75) is 9.79 Å². The Morgan fingerprint density at radius 1 is 0.481 bits per heavy atom. The van der Waals surface area contributed by atoms with E-state index in [0.717, 1.165) is 8.95 Å². The number of halogens is 2. The highest BCUT2D eigenvalue weighted by Gasteiger charge is 2.12. The molecule has 0 fully saturated rings. The number of hydrogen-bond acceptors (Lipinski definition) is 1. The third kappa shape index (κ3) is 4.37. The maximum Gasteiger partial charge on any atom is 0.0201 e. The van der Waals surface area contributed by atoms with E-state index in [-0.39, 0.29) is 0 Å². The van der Waals surface area contributed by atoms with Crippen LogP contribution in [0.5, 0.6) is 0 Å². The first-order valence-corrected chi connectivity index (χ1v) is 11.0. The Morgan fingerprint density at radius 2 is 0.889 bits per heavy atom. The molecule has 132 valence electrons. The molecule has 0 unspecified atom stereocenters. The molecule has 0 aliphatic rings. The molecule has 0 saturated heterocycles. The molecule has 4 aromatic carbocycles. The summed E-state index contributed by atoms with van der Waals surface area (Å²) in [6.45, 7) is 0. The van der Waals surface area contributed by atoms with Crippen molar-refractivity contribution in [2.24, 2.45) is 0 Å². The summed E-state index contributed by atoms with van der Waals surface area (Å²) >= 11 is 9.05. The van der Waals surface area contributed by atoms with Crippen LogP contribution in [0.15, 0.2) is 116 Å². The van der Waals surface area contributed by atoms with Crippen LogP contribution in [0.1, 0.15) is 0 Å². The minimum absolute atomic E-state index is 1.09. The highest BCUT2D eigenvalue weighted by Crippen LogP contribution is 2.42. The zero-order valence-corrected chi connectivity index (χ0v) is 18.4. The second kappa shape index (κ2) is 8.47. The van der Waals surface area contributed by atoms with Gasteiger partial charge in [-0.1, -0.05) is 104 Å². The van der Waals surface area contributed by atoms with Crippen molar-refractivity contribution in [1.82, 2.24) is 0 Å². The van der Waals surface area contributed by atoms with Gasteiger partial charge in [0.25, 0.3) is 0 Å². The van der Waals surface area contributed by atoms with Crippen molar-refractivity contribution in [3.63, 3.8) is 0 Å². The van der Waals surface area contributed by atoms with Gasteiger partial charge in [0.2, 0.25) is 0 Å². The zero-order valence-electron chi connectivity index (χ0n) is 14.4. The summed E-state index contributed by atoms with van der Waals surface area (Å²) in [4.78, 5) is 2.48. The predicted molar refractivity (Wildman–Crippen MR) is 123 cm³/mol. The normalized spacial score (nSPS) is 10.7. The molecule has 0 aliphatic carbocycles. The van der Waals surface area contributed by atoms with Crippen molar-refractivity contribution in [2.75, 3.05) is 0 Å². The van der Waals surface area contributed by atoms with E-state index in [4.69, 9.17) is 0 Å². The lowest BCUT2D eigenvalue weighted by molar-refractivity contribution is 1.38. The second-order valence-corrected chi connectivity index (χ2v) is 9.03. The average molecular weight is 496 g/mol. The molecule has 0 spiro atoms. The smallest absolute Gasteiger partial charge is 0.0201 e. The van der Waals surface area contributed by atoms with Crippen LogP contribution < -0.4 is 0 Å². The van der Waals surface area contributed by atoms with Crippen LogP contribution in [-0.2, 0) is 0 Å². The van der Waals surface area contributed by atoms with Gasteiger partial charge >= 0.3 is 0 Å². The van der Waals surface area contributed by atoms with E-state index in [1.165, 1.54) is 32.0 Å². The molecule has 3 heteroatoms. The van der Waals surface area contributed by atoms with Gasteiger partial charge in [0.1, 0.15) is 0 Å². The van der Waals surface area contributed by atoms with Gasteiger partial charge in [-0.25, -0.2) is 0 Å². The average Bonchev–Trinajstić information content (AvgIpc) is 2.72. The Hall–Kier alpha value is -1.81. The van der Waals surface area contributed by atoms with E-state index < -0.39 is 0 Å². The second-order valence-electron chi connectivity index (χ2n) is 6.12. The molecule has 0 nitrogen and oxygen atoms in total. The first kappa shape index (κ1) is 18.5. The molecule has 0 aliphatic heterocycles. The lowest BCUT2D eigenvalue weighted by atomic mass is 10.1. The number of rotatable bonds is 4. The number of hydrogen-bond donors (Lipinski definition) is 0. The maximum absolute atomic E-state index is 3.62. The molecule has 0 saturated carbocycles. The van der Waals surface area contributed by atoms with Crippen LogP contribution in [0.25, 0.3) is 22.3 Å². The summed E-state index contributed by atoms with van der Waals surface area (Å²) in [5, 5.41) is 0. The van der Waals surface area contributed by atoms with Gasteiger partial charge in [0.15, 0.2) is 0 Å².